The van der Waals surface area contributed by atoms with Crippen molar-refractivity contribution in [2.24, 2.45) is 29.1 Å². The first-order chi connectivity index (χ1) is 11.0. The standard InChI is InChI=1S/C21H30O2/c1-12-9-14-10-15(23-4)5-6-16(14)19-13(2)11-21(3)17(20(12)19)7-8-18(21)22/h5-6,10,12-13,17-20,22H,7-9,11H2,1-4H3. The Bertz CT molecular complexity index is 610. The molecule has 0 amide bonds. The van der Waals surface area contributed by atoms with E-state index in [9.17, 15) is 5.11 Å². The highest BCUT2D eigenvalue weighted by Crippen LogP contribution is 2.63. The Morgan fingerprint density at radius 3 is 2.70 bits per heavy atom. The maximum Gasteiger partial charge on any atom is 0.119 e. The lowest BCUT2D eigenvalue weighted by Crippen LogP contribution is -2.49. The van der Waals surface area contributed by atoms with Gasteiger partial charge in [0, 0.05) is 0 Å². The van der Waals surface area contributed by atoms with Crippen LogP contribution < -0.4 is 4.74 Å². The van der Waals surface area contributed by atoms with E-state index in [1.165, 1.54) is 12.0 Å². The number of methoxy groups -OCH3 is 1. The zero-order valence-corrected chi connectivity index (χ0v) is 14.9. The molecule has 3 aliphatic carbocycles. The van der Waals surface area contributed by atoms with E-state index in [2.05, 4.69) is 39.0 Å². The average Bonchev–Trinajstić information content (AvgIpc) is 2.81. The summed E-state index contributed by atoms with van der Waals surface area (Å²) in [6.07, 6.45) is 4.43. The fourth-order valence-corrected chi connectivity index (χ4v) is 6.57. The predicted octanol–water partition coefficient (Wildman–Crippen LogP) is 4.40. The van der Waals surface area contributed by atoms with Gasteiger partial charge in [0.05, 0.1) is 13.2 Å². The molecule has 4 rings (SSSR count). The van der Waals surface area contributed by atoms with Gasteiger partial charge in [0.15, 0.2) is 0 Å². The Hall–Kier alpha value is -1.02. The van der Waals surface area contributed by atoms with Crippen molar-refractivity contribution in [3.8, 4) is 5.75 Å². The van der Waals surface area contributed by atoms with Gasteiger partial charge in [-0.2, -0.15) is 0 Å². The van der Waals surface area contributed by atoms with Crippen molar-refractivity contribution in [3.63, 3.8) is 0 Å². The predicted molar refractivity (Wildman–Crippen MR) is 92.7 cm³/mol. The Balaban J connectivity index is 1.78. The van der Waals surface area contributed by atoms with Crippen molar-refractivity contribution in [2.75, 3.05) is 7.11 Å². The third-order valence-corrected chi connectivity index (χ3v) is 7.52. The molecule has 3 aliphatic rings. The molecule has 0 heterocycles. The largest absolute Gasteiger partial charge is 0.497 e. The molecule has 0 radical (unpaired) electrons. The van der Waals surface area contributed by atoms with Crippen LogP contribution in [-0.4, -0.2) is 18.3 Å². The molecule has 7 atom stereocenters. The van der Waals surface area contributed by atoms with Gasteiger partial charge in [-0.15, -0.1) is 0 Å². The molecule has 1 aromatic rings. The first-order valence-corrected chi connectivity index (χ1v) is 9.30. The van der Waals surface area contributed by atoms with Gasteiger partial charge in [-0.3, -0.25) is 0 Å². The van der Waals surface area contributed by atoms with Gasteiger partial charge in [-0.25, -0.2) is 0 Å². The Morgan fingerprint density at radius 2 is 1.96 bits per heavy atom. The molecular weight excluding hydrogens is 284 g/mol. The SMILES string of the molecule is COc1ccc2c(c1)CC(C)C1C2C(C)CC2(C)C(O)CCC12. The molecule has 0 spiro atoms. The van der Waals surface area contributed by atoms with Crippen LogP contribution in [-0.2, 0) is 6.42 Å². The van der Waals surface area contributed by atoms with E-state index >= 15 is 0 Å². The first-order valence-electron chi connectivity index (χ1n) is 9.30. The monoisotopic (exact) mass is 314 g/mol. The lowest BCUT2D eigenvalue weighted by Gasteiger charge is -2.55. The first kappa shape index (κ1) is 15.5. The molecule has 2 heteroatoms. The summed E-state index contributed by atoms with van der Waals surface area (Å²) in [6.45, 7) is 7.21. The summed E-state index contributed by atoms with van der Waals surface area (Å²) in [5.74, 6) is 4.38. The van der Waals surface area contributed by atoms with Crippen LogP contribution in [0.15, 0.2) is 18.2 Å². The molecule has 0 saturated heterocycles. The minimum absolute atomic E-state index is 0.0969. The summed E-state index contributed by atoms with van der Waals surface area (Å²) in [6, 6.07) is 6.71. The number of aliphatic hydroxyl groups is 1. The highest BCUT2D eigenvalue weighted by molar-refractivity contribution is 5.41. The molecule has 2 nitrogen and oxygen atoms in total. The van der Waals surface area contributed by atoms with Gasteiger partial charge >= 0.3 is 0 Å². The fraction of sp³-hybridized carbons (Fsp3) is 0.714. The van der Waals surface area contributed by atoms with E-state index in [1.54, 1.807) is 12.7 Å². The highest BCUT2D eigenvalue weighted by atomic mass is 16.5. The number of hydrogen-bond donors (Lipinski definition) is 1. The van der Waals surface area contributed by atoms with Crippen molar-refractivity contribution >= 4 is 0 Å². The topological polar surface area (TPSA) is 29.5 Å². The van der Waals surface area contributed by atoms with Gasteiger partial charge < -0.3 is 9.84 Å². The number of fused-ring (bicyclic) bond motifs is 5. The Kier molecular flexibility index (Phi) is 3.53. The third-order valence-electron chi connectivity index (χ3n) is 7.52. The Labute approximate surface area is 140 Å². The zero-order chi connectivity index (χ0) is 16.4. The van der Waals surface area contributed by atoms with Crippen molar-refractivity contribution in [1.82, 2.24) is 0 Å². The summed E-state index contributed by atoms with van der Waals surface area (Å²) in [7, 11) is 1.76. The normalized spacial score (nSPS) is 45.1. The van der Waals surface area contributed by atoms with Crippen molar-refractivity contribution in [2.45, 2.75) is 58.5 Å². The smallest absolute Gasteiger partial charge is 0.119 e. The van der Waals surface area contributed by atoms with Crippen LogP contribution >= 0.6 is 0 Å². The lowest BCUT2D eigenvalue weighted by atomic mass is 9.50. The molecule has 1 aromatic carbocycles. The highest BCUT2D eigenvalue weighted by Gasteiger charge is 2.58. The molecule has 2 fully saturated rings. The van der Waals surface area contributed by atoms with Gasteiger partial charge in [-0.05, 0) is 83.9 Å². The minimum Gasteiger partial charge on any atom is -0.497 e. The molecule has 0 aromatic heterocycles. The second kappa shape index (κ2) is 5.24. The van der Waals surface area contributed by atoms with Gasteiger partial charge in [0.25, 0.3) is 0 Å². The summed E-state index contributed by atoms with van der Waals surface area (Å²) >= 11 is 0. The second-order valence-corrected chi connectivity index (χ2v) is 8.74. The summed E-state index contributed by atoms with van der Waals surface area (Å²) in [5, 5.41) is 10.6. The van der Waals surface area contributed by atoms with Crippen LogP contribution in [0.4, 0.5) is 0 Å². The molecular formula is C21H30O2. The van der Waals surface area contributed by atoms with Crippen molar-refractivity contribution < 1.29 is 9.84 Å². The molecule has 1 N–H and O–H groups in total. The van der Waals surface area contributed by atoms with E-state index < -0.39 is 0 Å². The second-order valence-electron chi connectivity index (χ2n) is 8.74. The van der Waals surface area contributed by atoms with Crippen LogP contribution in [0, 0.1) is 29.1 Å². The van der Waals surface area contributed by atoms with Gasteiger partial charge in [0.2, 0.25) is 0 Å². The van der Waals surface area contributed by atoms with E-state index in [4.69, 9.17) is 4.74 Å². The third kappa shape index (κ3) is 2.10. The number of ether oxygens (including phenoxy) is 1. The zero-order valence-electron chi connectivity index (χ0n) is 14.9. The number of rotatable bonds is 1. The maximum absolute atomic E-state index is 10.6. The molecule has 7 unspecified atom stereocenters. The molecule has 2 saturated carbocycles. The quantitative estimate of drug-likeness (QED) is 0.832. The number of benzene rings is 1. The molecule has 0 aliphatic heterocycles. The Morgan fingerprint density at radius 1 is 1.17 bits per heavy atom. The van der Waals surface area contributed by atoms with Crippen LogP contribution in [0.3, 0.4) is 0 Å². The average molecular weight is 314 g/mol. The van der Waals surface area contributed by atoms with E-state index in [0.717, 1.165) is 30.9 Å². The molecule has 23 heavy (non-hydrogen) atoms. The molecule has 126 valence electrons. The van der Waals surface area contributed by atoms with Crippen LogP contribution in [0.25, 0.3) is 0 Å². The summed E-state index contributed by atoms with van der Waals surface area (Å²) in [5.41, 5.74) is 3.19. The number of hydrogen-bond acceptors (Lipinski definition) is 2. The van der Waals surface area contributed by atoms with Crippen molar-refractivity contribution in [1.29, 1.82) is 0 Å². The maximum atomic E-state index is 10.6. The van der Waals surface area contributed by atoms with Crippen LogP contribution in [0.5, 0.6) is 5.75 Å². The van der Waals surface area contributed by atoms with Gasteiger partial charge in [0.1, 0.15) is 5.75 Å². The van der Waals surface area contributed by atoms with E-state index in [1.807, 2.05) is 0 Å². The summed E-state index contributed by atoms with van der Waals surface area (Å²) < 4.78 is 5.44. The fourth-order valence-electron chi connectivity index (χ4n) is 6.57. The van der Waals surface area contributed by atoms with Crippen LogP contribution in [0.2, 0.25) is 0 Å². The van der Waals surface area contributed by atoms with E-state index in [-0.39, 0.29) is 11.5 Å². The van der Waals surface area contributed by atoms with Gasteiger partial charge in [-0.1, -0.05) is 26.8 Å². The van der Waals surface area contributed by atoms with Crippen molar-refractivity contribution in [3.05, 3.63) is 29.3 Å². The summed E-state index contributed by atoms with van der Waals surface area (Å²) in [4.78, 5) is 0. The number of aliphatic hydroxyl groups excluding tert-OH is 1. The molecule has 0 bridgehead atoms. The lowest BCUT2D eigenvalue weighted by molar-refractivity contribution is -0.0574. The van der Waals surface area contributed by atoms with E-state index in [0.29, 0.717) is 23.7 Å². The van der Waals surface area contributed by atoms with Crippen LogP contribution in [0.1, 0.15) is 57.1 Å². The minimum atomic E-state index is -0.0969.